The predicted molar refractivity (Wildman–Crippen MR) is 151 cm³/mol. The van der Waals surface area contributed by atoms with Gasteiger partial charge in [-0.3, -0.25) is 4.79 Å². The van der Waals surface area contributed by atoms with Gasteiger partial charge in [0.2, 0.25) is 5.91 Å². The van der Waals surface area contributed by atoms with E-state index in [1.54, 1.807) is 0 Å². The van der Waals surface area contributed by atoms with Crippen molar-refractivity contribution in [2.24, 2.45) is 11.8 Å². The third kappa shape index (κ3) is 5.49. The number of hydrogen-bond donors (Lipinski definition) is 3. The van der Waals surface area contributed by atoms with Crippen LogP contribution in [0.5, 0.6) is 0 Å². The van der Waals surface area contributed by atoms with Crippen molar-refractivity contribution >= 4 is 23.3 Å². The number of rotatable bonds is 4. The minimum Gasteiger partial charge on any atom is -0.378 e. The molecule has 3 aromatic carbocycles. The van der Waals surface area contributed by atoms with Gasteiger partial charge in [-0.25, -0.2) is 4.79 Å². The largest absolute Gasteiger partial charge is 0.416 e. The maximum absolute atomic E-state index is 14.2. The van der Waals surface area contributed by atoms with Crippen molar-refractivity contribution in [2.75, 3.05) is 17.2 Å². The fourth-order valence-corrected chi connectivity index (χ4v) is 6.85. The van der Waals surface area contributed by atoms with Gasteiger partial charge in [0.15, 0.2) is 0 Å². The molecule has 0 aromatic heterocycles. The molecule has 9 heteroatoms. The van der Waals surface area contributed by atoms with Crippen LogP contribution in [0, 0.1) is 11.8 Å². The number of nitrogens with zero attached hydrogens (tertiary/aromatic N) is 1. The highest BCUT2D eigenvalue weighted by Gasteiger charge is 2.48. The molecule has 2 heterocycles. The number of hydrogen-bond acceptors (Lipinski definition) is 3. The predicted octanol–water partition coefficient (Wildman–Crippen LogP) is 7.14. The molecule has 5 atom stereocenters. The first-order valence-corrected chi connectivity index (χ1v) is 14.3. The third-order valence-corrected chi connectivity index (χ3v) is 8.77. The monoisotopic (exact) mass is 562 g/mol. The Morgan fingerprint density at radius 1 is 0.854 bits per heavy atom. The van der Waals surface area contributed by atoms with E-state index in [0.29, 0.717) is 19.4 Å². The second-order valence-corrected chi connectivity index (χ2v) is 11.2. The van der Waals surface area contributed by atoms with Crippen molar-refractivity contribution in [1.82, 2.24) is 10.2 Å². The Balaban J connectivity index is 1.19. The number of carbonyl (C=O) groups is 2. The lowest BCUT2D eigenvalue weighted by molar-refractivity contribution is -0.139. The number of alkyl halides is 3. The van der Waals surface area contributed by atoms with Crippen LogP contribution in [0.15, 0.2) is 78.9 Å². The second kappa shape index (κ2) is 11.1. The minimum absolute atomic E-state index is 0.0561. The molecule has 2 fully saturated rings. The summed E-state index contributed by atoms with van der Waals surface area (Å²) in [5.74, 6) is -0.0900. The molecule has 1 saturated carbocycles. The fourth-order valence-electron chi connectivity index (χ4n) is 6.85. The van der Waals surface area contributed by atoms with Crippen molar-refractivity contribution in [3.63, 3.8) is 0 Å². The first kappa shape index (κ1) is 27.2. The Labute approximate surface area is 237 Å². The second-order valence-electron chi connectivity index (χ2n) is 11.2. The molecule has 3 aromatic rings. The van der Waals surface area contributed by atoms with Crippen LogP contribution < -0.4 is 16.0 Å². The minimum atomic E-state index is -4.44. The summed E-state index contributed by atoms with van der Waals surface area (Å²) in [6.07, 6.45) is -0.424. The molecule has 0 unspecified atom stereocenters. The Kier molecular flexibility index (Phi) is 7.36. The van der Waals surface area contributed by atoms with E-state index >= 15 is 0 Å². The highest BCUT2D eigenvalue weighted by atomic mass is 19.4. The van der Waals surface area contributed by atoms with Crippen molar-refractivity contribution in [3.05, 3.63) is 95.6 Å². The number of fused-ring (bicyclic) bond motifs is 3. The topological polar surface area (TPSA) is 73.5 Å². The van der Waals surface area contributed by atoms with Gasteiger partial charge < -0.3 is 20.9 Å². The lowest BCUT2D eigenvalue weighted by atomic mass is 9.79. The van der Waals surface area contributed by atoms with Crippen molar-refractivity contribution in [1.29, 1.82) is 0 Å². The third-order valence-electron chi connectivity index (χ3n) is 8.77. The Morgan fingerprint density at radius 3 is 2.32 bits per heavy atom. The summed E-state index contributed by atoms with van der Waals surface area (Å²) in [5.41, 5.74) is 2.84. The molecule has 1 aliphatic carbocycles. The summed E-state index contributed by atoms with van der Waals surface area (Å²) in [5, 5.41) is 9.32. The van der Waals surface area contributed by atoms with E-state index in [4.69, 9.17) is 0 Å². The molecule has 214 valence electrons. The van der Waals surface area contributed by atoms with Crippen LogP contribution >= 0.6 is 0 Å². The van der Waals surface area contributed by atoms with Gasteiger partial charge in [-0.05, 0) is 60.7 Å². The number of likely N-dealkylation sites (tertiary alicyclic amines) is 1. The summed E-state index contributed by atoms with van der Waals surface area (Å²) in [7, 11) is 0. The molecule has 0 spiro atoms. The van der Waals surface area contributed by atoms with Crippen LogP contribution in [0.1, 0.15) is 60.9 Å². The molecule has 0 radical (unpaired) electrons. The average Bonchev–Trinajstić information content (AvgIpc) is 3.43. The van der Waals surface area contributed by atoms with Crippen molar-refractivity contribution in [2.45, 2.75) is 56.4 Å². The summed E-state index contributed by atoms with van der Waals surface area (Å²) >= 11 is 0. The molecule has 2 aliphatic heterocycles. The van der Waals surface area contributed by atoms with E-state index in [1.165, 1.54) is 17.7 Å². The molecule has 1 saturated heterocycles. The van der Waals surface area contributed by atoms with Crippen molar-refractivity contribution < 1.29 is 22.8 Å². The summed E-state index contributed by atoms with van der Waals surface area (Å²) in [6.45, 7) is 0.647. The molecule has 3 aliphatic rings. The first-order chi connectivity index (χ1) is 19.8. The van der Waals surface area contributed by atoms with Gasteiger partial charge in [-0.2, -0.15) is 13.2 Å². The van der Waals surface area contributed by atoms with Gasteiger partial charge in [0.1, 0.15) is 0 Å². The Bertz CT molecular complexity index is 1400. The summed E-state index contributed by atoms with van der Waals surface area (Å²) in [4.78, 5) is 29.1. The molecule has 3 amide bonds. The van der Waals surface area contributed by atoms with Gasteiger partial charge in [-0.1, -0.05) is 61.4 Å². The van der Waals surface area contributed by atoms with Gasteiger partial charge in [0, 0.05) is 29.9 Å². The number of anilines is 2. The zero-order chi connectivity index (χ0) is 28.6. The first-order valence-electron chi connectivity index (χ1n) is 14.3. The molecular weight excluding hydrogens is 529 g/mol. The lowest BCUT2D eigenvalue weighted by Gasteiger charge is -2.42. The van der Waals surface area contributed by atoms with Gasteiger partial charge >= 0.3 is 12.2 Å². The van der Waals surface area contributed by atoms with Gasteiger partial charge in [0.05, 0.1) is 23.6 Å². The smallest absolute Gasteiger partial charge is 0.378 e. The van der Waals surface area contributed by atoms with E-state index in [9.17, 15) is 22.8 Å². The summed E-state index contributed by atoms with van der Waals surface area (Å²) < 4.78 is 38.7. The molecule has 6 rings (SSSR count). The summed E-state index contributed by atoms with van der Waals surface area (Å²) in [6, 6.07) is 22.0. The van der Waals surface area contributed by atoms with Crippen LogP contribution in [0.3, 0.4) is 0 Å². The number of urea groups is 1. The molecule has 0 bridgehead atoms. The number of amides is 3. The van der Waals surface area contributed by atoms with E-state index in [-0.39, 0.29) is 41.6 Å². The number of benzene rings is 3. The number of nitrogens with one attached hydrogen (secondary N) is 3. The molecule has 3 N–H and O–H groups in total. The van der Waals surface area contributed by atoms with Crippen LogP contribution in [0.2, 0.25) is 0 Å². The number of halogens is 3. The number of para-hydroxylation sites is 1. The Morgan fingerprint density at radius 2 is 1.56 bits per heavy atom. The zero-order valence-corrected chi connectivity index (χ0v) is 22.5. The van der Waals surface area contributed by atoms with E-state index in [1.807, 2.05) is 35.2 Å². The van der Waals surface area contributed by atoms with Crippen LogP contribution in [-0.2, 0) is 11.0 Å². The van der Waals surface area contributed by atoms with E-state index in [0.717, 1.165) is 42.6 Å². The SMILES string of the molecule is O=C(Nc1ccc(C(F)(F)F)cc1)N[C@@H]1CCCC[C@@H]1C(=O)N1CC[C@H]2[C@H](c3ccccc3)Nc3ccccc3[C@@H]21. The Hall–Kier alpha value is -4.01. The fraction of sp³-hybridized carbons (Fsp3) is 0.375. The highest BCUT2D eigenvalue weighted by Crippen LogP contribution is 2.51. The quantitative estimate of drug-likeness (QED) is 0.316. The normalized spacial score (nSPS) is 25.4. The maximum Gasteiger partial charge on any atom is 0.416 e. The van der Waals surface area contributed by atoms with E-state index < -0.39 is 17.8 Å². The van der Waals surface area contributed by atoms with Gasteiger partial charge in [-0.15, -0.1) is 0 Å². The van der Waals surface area contributed by atoms with Crippen molar-refractivity contribution in [3.8, 4) is 0 Å². The average molecular weight is 563 g/mol. The molecule has 41 heavy (non-hydrogen) atoms. The van der Waals surface area contributed by atoms with Crippen LogP contribution in [0.4, 0.5) is 29.3 Å². The maximum atomic E-state index is 14.2. The van der Waals surface area contributed by atoms with Crippen LogP contribution in [-0.4, -0.2) is 29.4 Å². The highest BCUT2D eigenvalue weighted by molar-refractivity contribution is 5.90. The zero-order valence-electron chi connectivity index (χ0n) is 22.5. The van der Waals surface area contributed by atoms with Crippen LogP contribution in [0.25, 0.3) is 0 Å². The van der Waals surface area contributed by atoms with Gasteiger partial charge in [0.25, 0.3) is 0 Å². The molecular formula is C32H33F3N4O2. The van der Waals surface area contributed by atoms with E-state index in [2.05, 4.69) is 40.2 Å². The molecule has 6 nitrogen and oxygen atoms in total. The number of carbonyl (C=O) groups excluding carboxylic acids is 2. The lowest BCUT2D eigenvalue weighted by Crippen LogP contribution is -2.51. The standard InChI is InChI=1S/C32H33F3N4O2/c33-32(34,35)21-14-16-22(17-15-21)36-31(41)38-27-13-7-5-11-24(27)30(40)39-19-18-25-28(20-8-2-1-3-9-20)37-26-12-6-4-10-23(26)29(25)39/h1-4,6,8-10,12,14-17,24-25,27-29,37H,5,7,11,13,18-19H2,(H2,36,38,41)/t24-,25-,27+,28-,29-/m0/s1.